The minimum atomic E-state index is -0.592. The molecule has 1 atom stereocenters. The standard InChI is InChI=1S/C7H13N3O2S/c1-2-4(6(9)13)7(12)10-3-5(8)11/h4H,2-3H2,1H3,(H2,8,11)(H2,9,13)(H,10,12). The Bertz CT molecular complexity index is 230. The van der Waals surface area contributed by atoms with Crippen LogP contribution >= 0.6 is 12.2 Å². The second kappa shape index (κ2) is 5.47. The first-order valence-electron chi connectivity index (χ1n) is 3.84. The van der Waals surface area contributed by atoms with Crippen LogP contribution in [0, 0.1) is 5.92 Å². The fourth-order valence-corrected chi connectivity index (χ4v) is 1.09. The average Bonchev–Trinajstić information content (AvgIpc) is 2.01. The van der Waals surface area contributed by atoms with Gasteiger partial charge >= 0.3 is 0 Å². The minimum absolute atomic E-state index is 0.129. The van der Waals surface area contributed by atoms with Gasteiger partial charge in [0.15, 0.2) is 0 Å². The van der Waals surface area contributed by atoms with Crippen LogP contribution in [-0.4, -0.2) is 23.3 Å². The molecule has 0 aromatic rings. The Morgan fingerprint density at radius 3 is 2.31 bits per heavy atom. The van der Waals surface area contributed by atoms with Crippen LogP contribution in [0.5, 0.6) is 0 Å². The zero-order valence-corrected chi connectivity index (χ0v) is 8.19. The molecule has 0 rings (SSSR count). The van der Waals surface area contributed by atoms with E-state index in [0.29, 0.717) is 6.42 Å². The zero-order chi connectivity index (χ0) is 10.4. The Balaban J connectivity index is 4.07. The summed E-state index contributed by atoms with van der Waals surface area (Å²) in [4.78, 5) is 21.7. The lowest BCUT2D eigenvalue weighted by Crippen LogP contribution is -2.41. The lowest BCUT2D eigenvalue weighted by atomic mass is 10.1. The molecule has 0 saturated carbocycles. The fourth-order valence-electron chi connectivity index (χ4n) is 0.813. The summed E-state index contributed by atoms with van der Waals surface area (Å²) in [6.45, 7) is 1.60. The summed E-state index contributed by atoms with van der Waals surface area (Å²) in [5.41, 5.74) is 10.1. The Hall–Kier alpha value is -1.17. The molecule has 6 heteroatoms. The van der Waals surface area contributed by atoms with Crippen molar-refractivity contribution in [3.8, 4) is 0 Å². The molecule has 74 valence electrons. The van der Waals surface area contributed by atoms with Gasteiger partial charge in [0.25, 0.3) is 0 Å². The number of rotatable bonds is 5. The molecule has 2 amide bonds. The summed E-state index contributed by atoms with van der Waals surface area (Å²) in [7, 11) is 0. The van der Waals surface area contributed by atoms with Crippen molar-refractivity contribution in [1.29, 1.82) is 0 Å². The number of hydrogen-bond acceptors (Lipinski definition) is 3. The number of thiocarbonyl (C=S) groups is 1. The fraction of sp³-hybridized carbons (Fsp3) is 0.571. The first-order valence-corrected chi connectivity index (χ1v) is 4.25. The smallest absolute Gasteiger partial charge is 0.236 e. The van der Waals surface area contributed by atoms with E-state index in [-0.39, 0.29) is 17.4 Å². The zero-order valence-electron chi connectivity index (χ0n) is 7.37. The number of amides is 2. The molecule has 0 aliphatic carbocycles. The topological polar surface area (TPSA) is 98.2 Å². The van der Waals surface area contributed by atoms with Crippen molar-refractivity contribution < 1.29 is 9.59 Å². The normalized spacial score (nSPS) is 11.8. The van der Waals surface area contributed by atoms with Crippen LogP contribution in [-0.2, 0) is 9.59 Å². The molecule has 0 aromatic carbocycles. The molecular weight excluding hydrogens is 190 g/mol. The van der Waals surface area contributed by atoms with Gasteiger partial charge in [-0.1, -0.05) is 19.1 Å². The Morgan fingerprint density at radius 2 is 2.00 bits per heavy atom. The third-order valence-corrected chi connectivity index (χ3v) is 1.79. The van der Waals surface area contributed by atoms with E-state index in [2.05, 4.69) is 17.5 Å². The highest BCUT2D eigenvalue weighted by Crippen LogP contribution is 2.02. The van der Waals surface area contributed by atoms with Gasteiger partial charge in [-0.3, -0.25) is 9.59 Å². The van der Waals surface area contributed by atoms with Gasteiger partial charge in [0.1, 0.15) is 0 Å². The lowest BCUT2D eigenvalue weighted by molar-refractivity contribution is -0.126. The molecule has 0 bridgehead atoms. The number of nitrogens with two attached hydrogens (primary N) is 2. The number of primary amides is 1. The predicted molar refractivity (Wildman–Crippen MR) is 52.8 cm³/mol. The van der Waals surface area contributed by atoms with Crippen LogP contribution in [0.15, 0.2) is 0 Å². The maximum absolute atomic E-state index is 11.2. The van der Waals surface area contributed by atoms with E-state index in [4.69, 9.17) is 11.5 Å². The summed E-state index contributed by atoms with van der Waals surface area (Å²) in [6.07, 6.45) is 0.514. The highest BCUT2D eigenvalue weighted by Gasteiger charge is 2.18. The molecule has 5 nitrogen and oxygen atoms in total. The van der Waals surface area contributed by atoms with Crippen LogP contribution in [0.2, 0.25) is 0 Å². The molecule has 0 fully saturated rings. The first kappa shape index (κ1) is 11.8. The van der Waals surface area contributed by atoms with Gasteiger partial charge in [0, 0.05) is 0 Å². The number of carbonyl (C=O) groups excluding carboxylic acids is 2. The quantitative estimate of drug-likeness (QED) is 0.494. The summed E-state index contributed by atoms with van der Waals surface area (Å²) < 4.78 is 0. The van der Waals surface area contributed by atoms with E-state index in [1.165, 1.54) is 0 Å². The molecule has 5 N–H and O–H groups in total. The summed E-state index contributed by atoms with van der Waals surface area (Å²) in [5.74, 6) is -1.46. The summed E-state index contributed by atoms with van der Waals surface area (Å²) in [6, 6.07) is 0. The number of nitrogens with one attached hydrogen (secondary N) is 1. The molecule has 0 aliphatic heterocycles. The highest BCUT2D eigenvalue weighted by molar-refractivity contribution is 7.80. The van der Waals surface area contributed by atoms with Crippen LogP contribution in [0.3, 0.4) is 0 Å². The molecule has 0 heterocycles. The average molecular weight is 203 g/mol. The third-order valence-electron chi connectivity index (χ3n) is 1.51. The van der Waals surface area contributed by atoms with Gasteiger partial charge in [-0.05, 0) is 6.42 Å². The first-order chi connectivity index (χ1) is 5.99. The van der Waals surface area contributed by atoms with Crippen molar-refractivity contribution in [2.75, 3.05) is 6.54 Å². The van der Waals surface area contributed by atoms with Gasteiger partial charge in [0.05, 0.1) is 17.5 Å². The van der Waals surface area contributed by atoms with E-state index < -0.39 is 11.8 Å². The molecule has 1 unspecified atom stereocenters. The molecule has 0 radical (unpaired) electrons. The van der Waals surface area contributed by atoms with E-state index in [9.17, 15) is 9.59 Å². The molecule has 0 spiro atoms. The van der Waals surface area contributed by atoms with Crippen molar-refractivity contribution in [2.45, 2.75) is 13.3 Å². The molecular formula is C7H13N3O2S. The monoisotopic (exact) mass is 203 g/mol. The second-order valence-corrected chi connectivity index (χ2v) is 3.02. The number of hydrogen-bond donors (Lipinski definition) is 3. The van der Waals surface area contributed by atoms with E-state index in [1.807, 2.05) is 0 Å². The highest BCUT2D eigenvalue weighted by atomic mass is 32.1. The Morgan fingerprint density at radius 1 is 1.46 bits per heavy atom. The van der Waals surface area contributed by atoms with Gasteiger partial charge in [-0.25, -0.2) is 0 Å². The molecule has 13 heavy (non-hydrogen) atoms. The largest absolute Gasteiger partial charge is 0.393 e. The van der Waals surface area contributed by atoms with Gasteiger partial charge in [-0.2, -0.15) is 0 Å². The summed E-state index contributed by atoms with van der Waals surface area (Å²) >= 11 is 4.67. The number of carbonyl (C=O) groups is 2. The van der Waals surface area contributed by atoms with Gasteiger partial charge < -0.3 is 16.8 Å². The van der Waals surface area contributed by atoms with Crippen molar-refractivity contribution in [3.63, 3.8) is 0 Å². The van der Waals surface area contributed by atoms with Crippen molar-refractivity contribution in [3.05, 3.63) is 0 Å². The van der Waals surface area contributed by atoms with E-state index in [1.54, 1.807) is 6.92 Å². The lowest BCUT2D eigenvalue weighted by Gasteiger charge is -2.11. The maximum Gasteiger partial charge on any atom is 0.236 e. The summed E-state index contributed by atoms with van der Waals surface area (Å²) in [5, 5.41) is 2.33. The van der Waals surface area contributed by atoms with Crippen LogP contribution < -0.4 is 16.8 Å². The maximum atomic E-state index is 11.2. The predicted octanol–water partition coefficient (Wildman–Crippen LogP) is -1.10. The van der Waals surface area contributed by atoms with Gasteiger partial charge in [0.2, 0.25) is 11.8 Å². The molecule has 0 saturated heterocycles. The van der Waals surface area contributed by atoms with E-state index in [0.717, 1.165) is 0 Å². The van der Waals surface area contributed by atoms with Gasteiger partial charge in [-0.15, -0.1) is 0 Å². The second-order valence-electron chi connectivity index (χ2n) is 2.55. The molecule has 0 aliphatic rings. The van der Waals surface area contributed by atoms with Crippen LogP contribution in [0.25, 0.3) is 0 Å². The minimum Gasteiger partial charge on any atom is -0.393 e. The Kier molecular flexibility index (Phi) is 4.98. The van der Waals surface area contributed by atoms with Crippen LogP contribution in [0.4, 0.5) is 0 Å². The van der Waals surface area contributed by atoms with E-state index >= 15 is 0 Å². The molecule has 0 aromatic heterocycles. The van der Waals surface area contributed by atoms with Crippen LogP contribution in [0.1, 0.15) is 13.3 Å². The van der Waals surface area contributed by atoms with Crippen molar-refractivity contribution in [2.24, 2.45) is 17.4 Å². The SMILES string of the molecule is CCC(C(=O)NCC(N)=O)C(N)=S. The van der Waals surface area contributed by atoms with Crippen molar-refractivity contribution in [1.82, 2.24) is 5.32 Å². The third kappa shape index (κ3) is 4.41. The Labute approximate surface area is 81.8 Å². The van der Waals surface area contributed by atoms with Crippen molar-refractivity contribution >= 4 is 29.0 Å².